The SMILES string of the molecule is CC(C)N(CC(F)(F)F)c1ccc(CN)c(F)c1F. The normalized spacial score (nSPS) is 12.1. The first-order valence-corrected chi connectivity index (χ1v) is 5.67. The fourth-order valence-electron chi connectivity index (χ4n) is 1.70. The lowest BCUT2D eigenvalue weighted by atomic mass is 10.1. The van der Waals surface area contributed by atoms with Crippen LogP contribution in [0.2, 0.25) is 0 Å². The van der Waals surface area contributed by atoms with E-state index in [1.54, 1.807) is 0 Å². The predicted molar refractivity (Wildman–Crippen MR) is 62.8 cm³/mol. The van der Waals surface area contributed by atoms with Gasteiger partial charge in [-0.2, -0.15) is 13.2 Å². The first-order valence-electron chi connectivity index (χ1n) is 5.67. The maximum absolute atomic E-state index is 13.8. The molecule has 0 radical (unpaired) electrons. The molecule has 0 fully saturated rings. The highest BCUT2D eigenvalue weighted by Crippen LogP contribution is 2.29. The van der Waals surface area contributed by atoms with Crippen LogP contribution in [0.3, 0.4) is 0 Å². The Hall–Kier alpha value is -1.37. The Morgan fingerprint density at radius 1 is 1.16 bits per heavy atom. The number of benzene rings is 1. The topological polar surface area (TPSA) is 29.3 Å². The van der Waals surface area contributed by atoms with Crippen LogP contribution < -0.4 is 10.6 Å². The molecule has 1 aromatic rings. The second-order valence-corrected chi connectivity index (χ2v) is 4.41. The molecule has 2 nitrogen and oxygen atoms in total. The summed E-state index contributed by atoms with van der Waals surface area (Å²) in [7, 11) is 0. The van der Waals surface area contributed by atoms with Crippen molar-refractivity contribution in [3.8, 4) is 0 Å². The van der Waals surface area contributed by atoms with E-state index < -0.39 is 36.1 Å². The average molecular weight is 282 g/mol. The van der Waals surface area contributed by atoms with Gasteiger partial charge >= 0.3 is 6.18 Å². The molecule has 1 aromatic carbocycles. The Kier molecular flexibility index (Phi) is 4.73. The molecule has 0 saturated heterocycles. The Morgan fingerprint density at radius 2 is 1.74 bits per heavy atom. The number of rotatable bonds is 4. The summed E-state index contributed by atoms with van der Waals surface area (Å²) in [5, 5.41) is 0. The van der Waals surface area contributed by atoms with E-state index in [0.717, 1.165) is 11.0 Å². The Labute approximate surface area is 108 Å². The van der Waals surface area contributed by atoms with Crippen molar-refractivity contribution in [3.63, 3.8) is 0 Å². The minimum atomic E-state index is -4.50. The molecule has 0 unspecified atom stereocenters. The Morgan fingerprint density at radius 3 is 2.16 bits per heavy atom. The van der Waals surface area contributed by atoms with E-state index in [2.05, 4.69) is 0 Å². The van der Waals surface area contributed by atoms with Crippen LogP contribution in [-0.4, -0.2) is 18.8 Å². The van der Waals surface area contributed by atoms with E-state index in [9.17, 15) is 22.0 Å². The molecule has 0 aliphatic rings. The van der Waals surface area contributed by atoms with E-state index >= 15 is 0 Å². The van der Waals surface area contributed by atoms with Crippen LogP contribution in [0.5, 0.6) is 0 Å². The van der Waals surface area contributed by atoms with Gasteiger partial charge in [-0.25, -0.2) is 8.78 Å². The molecule has 0 aromatic heterocycles. The summed E-state index contributed by atoms with van der Waals surface area (Å²) in [6, 6.07) is 1.69. The summed E-state index contributed by atoms with van der Waals surface area (Å²) >= 11 is 0. The van der Waals surface area contributed by atoms with Crippen molar-refractivity contribution < 1.29 is 22.0 Å². The Balaban J connectivity index is 3.21. The Bertz CT molecular complexity index is 442. The molecule has 0 aliphatic heterocycles. The highest BCUT2D eigenvalue weighted by Gasteiger charge is 2.33. The van der Waals surface area contributed by atoms with Crippen LogP contribution in [0.1, 0.15) is 19.4 Å². The first-order chi connectivity index (χ1) is 8.67. The van der Waals surface area contributed by atoms with Crippen molar-refractivity contribution in [2.75, 3.05) is 11.4 Å². The first kappa shape index (κ1) is 15.7. The molecule has 1 rings (SSSR count). The number of hydrogen-bond donors (Lipinski definition) is 1. The highest BCUT2D eigenvalue weighted by molar-refractivity contribution is 5.50. The molecule has 0 heterocycles. The van der Waals surface area contributed by atoms with Gasteiger partial charge < -0.3 is 10.6 Å². The standard InChI is InChI=1S/C12H15F5N2/c1-7(2)19(6-12(15,16)17)9-4-3-8(5-18)10(13)11(9)14/h3-4,7H,5-6,18H2,1-2H3. The lowest BCUT2D eigenvalue weighted by Gasteiger charge is -2.30. The quantitative estimate of drug-likeness (QED) is 0.859. The molecule has 0 atom stereocenters. The zero-order valence-corrected chi connectivity index (χ0v) is 10.6. The lowest BCUT2D eigenvalue weighted by Crippen LogP contribution is -2.39. The molecule has 108 valence electrons. The van der Waals surface area contributed by atoms with Crippen LogP contribution in [0.25, 0.3) is 0 Å². The fraction of sp³-hybridized carbons (Fsp3) is 0.500. The summed E-state index contributed by atoms with van der Waals surface area (Å²) < 4.78 is 64.7. The largest absolute Gasteiger partial charge is 0.405 e. The van der Waals surface area contributed by atoms with E-state index in [-0.39, 0.29) is 12.1 Å². The summed E-state index contributed by atoms with van der Waals surface area (Å²) in [6.07, 6.45) is -4.50. The number of halogens is 5. The molecule has 0 spiro atoms. The van der Waals surface area contributed by atoms with E-state index in [0.29, 0.717) is 0 Å². The molecule has 19 heavy (non-hydrogen) atoms. The fourth-order valence-corrected chi connectivity index (χ4v) is 1.70. The number of hydrogen-bond acceptors (Lipinski definition) is 2. The monoisotopic (exact) mass is 282 g/mol. The van der Waals surface area contributed by atoms with Gasteiger partial charge in [0.2, 0.25) is 0 Å². The van der Waals surface area contributed by atoms with Crippen molar-refractivity contribution in [1.29, 1.82) is 0 Å². The van der Waals surface area contributed by atoms with Gasteiger partial charge in [-0.15, -0.1) is 0 Å². The molecule has 0 saturated carbocycles. The van der Waals surface area contributed by atoms with E-state index in [1.165, 1.54) is 19.9 Å². The lowest BCUT2D eigenvalue weighted by molar-refractivity contribution is -0.120. The predicted octanol–water partition coefficient (Wildman–Crippen LogP) is 3.20. The van der Waals surface area contributed by atoms with Crippen LogP contribution in [0, 0.1) is 11.6 Å². The molecule has 2 N–H and O–H groups in total. The number of alkyl halides is 3. The van der Waals surface area contributed by atoms with E-state index in [4.69, 9.17) is 5.73 Å². The second-order valence-electron chi connectivity index (χ2n) is 4.41. The van der Waals surface area contributed by atoms with E-state index in [1.807, 2.05) is 0 Å². The van der Waals surface area contributed by atoms with Gasteiger partial charge in [0.15, 0.2) is 11.6 Å². The van der Waals surface area contributed by atoms with Gasteiger partial charge in [0, 0.05) is 18.2 Å². The van der Waals surface area contributed by atoms with Crippen molar-refractivity contribution >= 4 is 5.69 Å². The highest BCUT2D eigenvalue weighted by atomic mass is 19.4. The molecule has 0 aliphatic carbocycles. The van der Waals surface area contributed by atoms with Crippen LogP contribution in [0.15, 0.2) is 12.1 Å². The van der Waals surface area contributed by atoms with Crippen molar-refractivity contribution in [3.05, 3.63) is 29.3 Å². The maximum Gasteiger partial charge on any atom is 0.405 e. The third-order valence-electron chi connectivity index (χ3n) is 2.64. The molecule has 0 bridgehead atoms. The number of nitrogens with zero attached hydrogens (tertiary/aromatic N) is 1. The molecule has 0 amide bonds. The van der Waals surface area contributed by atoms with Gasteiger partial charge in [0.25, 0.3) is 0 Å². The minimum absolute atomic E-state index is 0.0723. The van der Waals surface area contributed by atoms with Crippen LogP contribution in [-0.2, 0) is 6.54 Å². The van der Waals surface area contributed by atoms with Gasteiger partial charge in [0.05, 0.1) is 5.69 Å². The minimum Gasteiger partial charge on any atom is -0.358 e. The maximum atomic E-state index is 13.8. The average Bonchev–Trinajstić information content (AvgIpc) is 2.28. The third-order valence-corrected chi connectivity index (χ3v) is 2.64. The number of nitrogens with two attached hydrogens (primary N) is 1. The third kappa shape index (κ3) is 3.79. The van der Waals surface area contributed by atoms with Crippen molar-refractivity contribution in [1.82, 2.24) is 0 Å². The van der Waals surface area contributed by atoms with Crippen LogP contribution >= 0.6 is 0 Å². The zero-order valence-electron chi connectivity index (χ0n) is 10.6. The summed E-state index contributed by atoms with van der Waals surface area (Å²) in [6.45, 7) is 1.38. The zero-order chi connectivity index (χ0) is 14.8. The second kappa shape index (κ2) is 5.73. The summed E-state index contributed by atoms with van der Waals surface area (Å²) in [5.41, 5.74) is 4.72. The number of anilines is 1. The van der Waals surface area contributed by atoms with Crippen LogP contribution in [0.4, 0.5) is 27.6 Å². The molecular weight excluding hydrogens is 267 g/mol. The van der Waals surface area contributed by atoms with Crippen molar-refractivity contribution in [2.45, 2.75) is 32.6 Å². The van der Waals surface area contributed by atoms with Gasteiger partial charge in [-0.1, -0.05) is 6.07 Å². The summed E-state index contributed by atoms with van der Waals surface area (Å²) in [4.78, 5) is 0.763. The van der Waals surface area contributed by atoms with Gasteiger partial charge in [0.1, 0.15) is 6.54 Å². The smallest absolute Gasteiger partial charge is 0.358 e. The van der Waals surface area contributed by atoms with Gasteiger partial charge in [-0.05, 0) is 19.9 Å². The molecular formula is C12H15F5N2. The summed E-state index contributed by atoms with van der Waals surface area (Å²) in [5.74, 6) is -2.51. The van der Waals surface area contributed by atoms with Crippen molar-refractivity contribution in [2.24, 2.45) is 5.73 Å². The van der Waals surface area contributed by atoms with Gasteiger partial charge in [-0.3, -0.25) is 0 Å². The molecule has 7 heteroatoms.